The molecule has 0 bridgehead atoms. The van der Waals surface area contributed by atoms with Gasteiger partial charge in [0.25, 0.3) is 0 Å². The molecule has 1 atom stereocenters. The van der Waals surface area contributed by atoms with Crippen molar-refractivity contribution in [1.29, 1.82) is 5.26 Å². The van der Waals surface area contributed by atoms with Crippen LogP contribution in [0, 0.1) is 18.3 Å². The van der Waals surface area contributed by atoms with Crippen LogP contribution in [0.1, 0.15) is 42.4 Å². The van der Waals surface area contributed by atoms with Crippen molar-refractivity contribution < 1.29 is 19.1 Å². The van der Waals surface area contributed by atoms with E-state index in [1.165, 1.54) is 19.1 Å². The van der Waals surface area contributed by atoms with Gasteiger partial charge in [-0.1, -0.05) is 56.3 Å². The molecule has 1 aliphatic rings. The lowest BCUT2D eigenvalue weighted by molar-refractivity contribution is -0.139. The molecule has 0 aliphatic carbocycles. The molecular weight excluding hydrogens is 418 g/mol. The summed E-state index contributed by atoms with van der Waals surface area (Å²) in [6.07, 6.45) is 0. The van der Waals surface area contributed by atoms with Gasteiger partial charge < -0.3 is 15.2 Å². The number of anilines is 1. The van der Waals surface area contributed by atoms with Gasteiger partial charge in [0.2, 0.25) is 0 Å². The highest BCUT2D eigenvalue weighted by Gasteiger charge is 2.43. The lowest BCUT2D eigenvalue weighted by Gasteiger charge is -2.36. The largest absolute Gasteiger partial charge is 0.466 e. The van der Waals surface area contributed by atoms with Crippen LogP contribution in [0.2, 0.25) is 0 Å². The van der Waals surface area contributed by atoms with E-state index in [9.17, 15) is 14.9 Å². The van der Waals surface area contributed by atoms with Gasteiger partial charge in [0.15, 0.2) is 0 Å². The van der Waals surface area contributed by atoms with Crippen molar-refractivity contribution in [1.82, 2.24) is 0 Å². The number of nitriles is 1. The molecule has 1 aliphatic heterocycles. The van der Waals surface area contributed by atoms with Crippen LogP contribution in [0.15, 0.2) is 71.2 Å². The fraction of sp³-hybridized carbons (Fsp3) is 0.269. The Bertz CT molecular complexity index is 1190. The number of benzene rings is 2. The smallest absolute Gasteiger partial charge is 0.355 e. The second kappa shape index (κ2) is 9.61. The number of methoxy groups -OCH3 is 2. The molecule has 0 radical (unpaired) electrons. The van der Waals surface area contributed by atoms with Crippen LogP contribution in [0.5, 0.6) is 0 Å². The summed E-state index contributed by atoms with van der Waals surface area (Å²) >= 11 is 0. The van der Waals surface area contributed by atoms with Gasteiger partial charge in [0.05, 0.1) is 43.0 Å². The number of ether oxygens (including phenoxy) is 2. The van der Waals surface area contributed by atoms with Crippen LogP contribution in [0.3, 0.4) is 0 Å². The SMILES string of the molecule is COC(=O)C1=C(C(=O)OC)N(c2cc(C(C)C)ccc2C)C(N)=C(C#N)C1c1ccccc1. The Hall–Kier alpha value is -4.05. The molecule has 170 valence electrons. The van der Waals surface area contributed by atoms with Crippen LogP contribution in [-0.4, -0.2) is 26.2 Å². The van der Waals surface area contributed by atoms with Crippen LogP contribution in [0.4, 0.5) is 5.69 Å². The van der Waals surface area contributed by atoms with Crippen molar-refractivity contribution in [2.24, 2.45) is 5.73 Å². The number of nitrogens with two attached hydrogens (primary N) is 1. The fourth-order valence-electron chi connectivity index (χ4n) is 3.99. The summed E-state index contributed by atoms with van der Waals surface area (Å²) in [4.78, 5) is 27.7. The number of aryl methyl sites for hydroxylation is 1. The first-order valence-electron chi connectivity index (χ1n) is 10.5. The molecule has 0 spiro atoms. The molecule has 0 aromatic heterocycles. The van der Waals surface area contributed by atoms with Gasteiger partial charge in [-0.3, -0.25) is 4.90 Å². The van der Waals surface area contributed by atoms with E-state index in [0.29, 0.717) is 11.3 Å². The number of allylic oxidation sites excluding steroid dienone is 1. The Morgan fingerprint density at radius 3 is 2.24 bits per heavy atom. The maximum atomic E-state index is 13.1. The molecule has 1 heterocycles. The molecular formula is C26H27N3O4. The summed E-state index contributed by atoms with van der Waals surface area (Å²) in [5.41, 5.74) is 9.66. The number of rotatable bonds is 5. The zero-order valence-corrected chi connectivity index (χ0v) is 19.4. The molecule has 2 aromatic rings. The quantitative estimate of drug-likeness (QED) is 0.693. The van der Waals surface area contributed by atoms with Crippen molar-refractivity contribution in [2.75, 3.05) is 19.1 Å². The molecule has 7 nitrogen and oxygen atoms in total. The number of esters is 2. The first-order valence-corrected chi connectivity index (χ1v) is 10.5. The van der Waals surface area contributed by atoms with E-state index in [4.69, 9.17) is 15.2 Å². The topological polar surface area (TPSA) is 106 Å². The van der Waals surface area contributed by atoms with Gasteiger partial charge in [-0.2, -0.15) is 5.26 Å². The minimum atomic E-state index is -0.886. The van der Waals surface area contributed by atoms with Crippen molar-refractivity contribution in [2.45, 2.75) is 32.6 Å². The highest BCUT2D eigenvalue weighted by molar-refractivity contribution is 6.06. The Kier molecular flexibility index (Phi) is 6.88. The second-order valence-corrected chi connectivity index (χ2v) is 8.04. The third-order valence-corrected chi connectivity index (χ3v) is 5.75. The predicted octanol–water partition coefficient (Wildman–Crippen LogP) is 4.02. The summed E-state index contributed by atoms with van der Waals surface area (Å²) < 4.78 is 10.1. The minimum Gasteiger partial charge on any atom is -0.466 e. The van der Waals surface area contributed by atoms with Gasteiger partial charge in [-0.05, 0) is 35.6 Å². The summed E-state index contributed by atoms with van der Waals surface area (Å²) in [6, 6.07) is 16.9. The maximum absolute atomic E-state index is 13.1. The first-order chi connectivity index (χ1) is 15.8. The van der Waals surface area contributed by atoms with Gasteiger partial charge in [0, 0.05) is 0 Å². The Balaban J connectivity index is 2.45. The zero-order valence-electron chi connectivity index (χ0n) is 19.4. The lowest BCUT2D eigenvalue weighted by atomic mass is 9.80. The van der Waals surface area contributed by atoms with Crippen LogP contribution < -0.4 is 10.6 Å². The van der Waals surface area contributed by atoms with E-state index < -0.39 is 17.9 Å². The molecule has 3 rings (SSSR count). The molecule has 0 amide bonds. The standard InChI is InChI=1S/C26H27N3O4/c1-15(2)18-12-11-16(3)20(13-18)29-23(26(31)33-5)22(25(30)32-4)21(19(14-27)24(29)28)17-9-7-6-8-10-17/h6-13,15,21H,28H2,1-5H3. The minimum absolute atomic E-state index is 0.00403. The van der Waals surface area contributed by atoms with Gasteiger partial charge in [0.1, 0.15) is 11.5 Å². The molecule has 7 heteroatoms. The van der Waals surface area contributed by atoms with Crippen LogP contribution >= 0.6 is 0 Å². The molecule has 1 unspecified atom stereocenters. The molecule has 33 heavy (non-hydrogen) atoms. The van der Waals surface area contributed by atoms with E-state index in [0.717, 1.165) is 11.1 Å². The number of nitrogens with zero attached hydrogens (tertiary/aromatic N) is 2. The second-order valence-electron chi connectivity index (χ2n) is 8.04. The fourth-order valence-corrected chi connectivity index (χ4v) is 3.99. The van der Waals surface area contributed by atoms with Gasteiger partial charge in [-0.25, -0.2) is 9.59 Å². The lowest BCUT2D eigenvalue weighted by Crippen LogP contribution is -2.41. The van der Waals surface area contributed by atoms with E-state index in [1.807, 2.05) is 45.0 Å². The van der Waals surface area contributed by atoms with Crippen molar-refractivity contribution in [3.05, 3.63) is 87.9 Å². The summed E-state index contributed by atoms with van der Waals surface area (Å²) in [7, 11) is 2.46. The molecule has 2 aromatic carbocycles. The molecule has 0 saturated heterocycles. The van der Waals surface area contributed by atoms with Crippen molar-refractivity contribution in [3.63, 3.8) is 0 Å². The highest BCUT2D eigenvalue weighted by Crippen LogP contribution is 2.44. The normalized spacial score (nSPS) is 16.0. The maximum Gasteiger partial charge on any atom is 0.355 e. The van der Waals surface area contributed by atoms with E-state index in [-0.39, 0.29) is 28.6 Å². The Morgan fingerprint density at radius 1 is 1.06 bits per heavy atom. The molecule has 0 saturated carbocycles. The first kappa shape index (κ1) is 23.6. The number of hydrogen-bond donors (Lipinski definition) is 1. The van der Waals surface area contributed by atoms with Gasteiger partial charge >= 0.3 is 11.9 Å². The summed E-state index contributed by atoms with van der Waals surface area (Å²) in [5.74, 6) is -2.12. The van der Waals surface area contributed by atoms with E-state index >= 15 is 0 Å². The highest BCUT2D eigenvalue weighted by atomic mass is 16.5. The van der Waals surface area contributed by atoms with E-state index in [1.54, 1.807) is 24.3 Å². The third-order valence-electron chi connectivity index (χ3n) is 5.75. The molecule has 2 N–H and O–H groups in total. The number of carbonyl (C=O) groups is 2. The van der Waals surface area contributed by atoms with Crippen LogP contribution in [-0.2, 0) is 19.1 Å². The monoisotopic (exact) mass is 445 g/mol. The number of hydrogen-bond acceptors (Lipinski definition) is 7. The third kappa shape index (κ3) is 4.20. The summed E-state index contributed by atoms with van der Waals surface area (Å²) in [6.45, 7) is 5.97. The Labute approximate surface area is 193 Å². The summed E-state index contributed by atoms with van der Waals surface area (Å²) in [5, 5.41) is 10.1. The molecule has 0 fully saturated rings. The predicted molar refractivity (Wildman–Crippen MR) is 125 cm³/mol. The number of carbonyl (C=O) groups excluding carboxylic acids is 2. The van der Waals surface area contributed by atoms with E-state index in [2.05, 4.69) is 6.07 Å². The van der Waals surface area contributed by atoms with Gasteiger partial charge in [-0.15, -0.1) is 0 Å². The van der Waals surface area contributed by atoms with Crippen molar-refractivity contribution in [3.8, 4) is 6.07 Å². The van der Waals surface area contributed by atoms with Crippen molar-refractivity contribution >= 4 is 17.6 Å². The Morgan fingerprint density at radius 2 is 1.70 bits per heavy atom. The van der Waals surface area contributed by atoms with Crippen LogP contribution in [0.25, 0.3) is 0 Å². The zero-order chi connectivity index (χ0) is 24.3. The average Bonchev–Trinajstić information content (AvgIpc) is 2.83. The average molecular weight is 446 g/mol.